The van der Waals surface area contributed by atoms with Crippen LogP contribution in [0.1, 0.15) is 29.9 Å². The highest BCUT2D eigenvalue weighted by Gasteiger charge is 2.31. The molecule has 1 aliphatic rings. The van der Waals surface area contributed by atoms with Crippen molar-refractivity contribution in [1.82, 2.24) is 9.55 Å². The predicted octanol–water partition coefficient (Wildman–Crippen LogP) is 5.05. The van der Waals surface area contributed by atoms with Gasteiger partial charge >= 0.3 is 0 Å². The quantitative estimate of drug-likeness (QED) is 0.455. The molecule has 3 nitrogen and oxygen atoms in total. The summed E-state index contributed by atoms with van der Waals surface area (Å²) in [6.45, 7) is 6.57. The highest BCUT2D eigenvalue weighted by Crippen LogP contribution is 2.44. The van der Waals surface area contributed by atoms with Crippen LogP contribution in [0.15, 0.2) is 34.2 Å². The fraction of sp³-hybridized carbons (Fsp3) is 0.368. The van der Waals surface area contributed by atoms with Crippen molar-refractivity contribution in [2.24, 2.45) is 0 Å². The predicted molar refractivity (Wildman–Crippen MR) is 111 cm³/mol. The summed E-state index contributed by atoms with van der Waals surface area (Å²) in [4.78, 5) is 20.5. The summed E-state index contributed by atoms with van der Waals surface area (Å²) in [7, 11) is 0. The molecule has 0 saturated carbocycles. The van der Waals surface area contributed by atoms with Crippen LogP contribution in [0.25, 0.3) is 15.9 Å². The van der Waals surface area contributed by atoms with E-state index < -0.39 is 0 Å². The fourth-order valence-electron chi connectivity index (χ4n) is 3.23. The first-order valence-electron chi connectivity index (χ1n) is 8.22. The first-order valence-corrected chi connectivity index (χ1v) is 11.2. The van der Waals surface area contributed by atoms with E-state index in [4.69, 9.17) is 4.98 Å². The van der Waals surface area contributed by atoms with E-state index in [9.17, 15) is 4.79 Å². The molecular weight excluding hydrogens is 368 g/mol. The fourth-order valence-corrected chi connectivity index (χ4v) is 6.17. The lowest BCUT2D eigenvalue weighted by atomic mass is 10.00. The van der Waals surface area contributed by atoms with Crippen molar-refractivity contribution in [2.75, 3.05) is 6.26 Å². The Kier molecular flexibility index (Phi) is 4.25. The molecule has 0 N–H and O–H groups in total. The summed E-state index contributed by atoms with van der Waals surface area (Å²) in [5.41, 5.74) is 3.36. The Bertz CT molecular complexity index is 1020. The Balaban J connectivity index is 2.02. The third-order valence-corrected chi connectivity index (χ3v) is 7.86. The number of benzene rings is 1. The maximum atomic E-state index is 13.4. The topological polar surface area (TPSA) is 34.9 Å². The summed E-state index contributed by atoms with van der Waals surface area (Å²) < 4.78 is 1.94. The van der Waals surface area contributed by atoms with E-state index in [-0.39, 0.29) is 10.3 Å². The summed E-state index contributed by atoms with van der Waals surface area (Å²) in [6, 6.07) is 8.09. The van der Waals surface area contributed by atoms with Crippen LogP contribution >= 0.6 is 34.9 Å². The van der Waals surface area contributed by atoms with Gasteiger partial charge in [0, 0.05) is 15.4 Å². The second-order valence-electron chi connectivity index (χ2n) is 6.98. The van der Waals surface area contributed by atoms with Gasteiger partial charge in [-0.3, -0.25) is 9.36 Å². The van der Waals surface area contributed by atoms with Gasteiger partial charge in [0.05, 0.1) is 11.1 Å². The van der Waals surface area contributed by atoms with E-state index in [1.807, 2.05) is 42.3 Å². The van der Waals surface area contributed by atoms with Gasteiger partial charge in [0.25, 0.3) is 5.56 Å². The van der Waals surface area contributed by atoms with Crippen LogP contribution in [0.4, 0.5) is 0 Å². The normalized spacial score (nSPS) is 16.2. The number of hydrogen-bond acceptors (Lipinski definition) is 5. The first kappa shape index (κ1) is 17.2. The number of nitrogens with zero attached hydrogens (tertiary/aromatic N) is 2. The van der Waals surface area contributed by atoms with E-state index in [1.54, 1.807) is 15.9 Å². The molecule has 4 rings (SSSR count). The van der Waals surface area contributed by atoms with Crippen LogP contribution in [0.5, 0.6) is 0 Å². The van der Waals surface area contributed by atoms with Gasteiger partial charge in [-0.25, -0.2) is 4.98 Å². The molecule has 0 bridgehead atoms. The number of aromatic nitrogens is 2. The number of hydrogen-bond donors (Lipinski definition) is 0. The van der Waals surface area contributed by atoms with Crippen LogP contribution in [-0.4, -0.2) is 20.6 Å². The van der Waals surface area contributed by atoms with Crippen molar-refractivity contribution in [3.8, 4) is 5.69 Å². The lowest BCUT2D eigenvalue weighted by Gasteiger charge is -2.28. The molecule has 0 amide bonds. The van der Waals surface area contributed by atoms with Gasteiger partial charge in [-0.05, 0) is 37.3 Å². The molecule has 0 radical (unpaired) electrons. The van der Waals surface area contributed by atoms with Crippen molar-refractivity contribution in [3.63, 3.8) is 0 Å². The Morgan fingerprint density at radius 2 is 1.96 bits per heavy atom. The van der Waals surface area contributed by atoms with E-state index in [1.165, 1.54) is 27.8 Å². The smallest absolute Gasteiger partial charge is 0.267 e. The first-order chi connectivity index (χ1) is 11.9. The Morgan fingerprint density at radius 1 is 1.24 bits per heavy atom. The summed E-state index contributed by atoms with van der Waals surface area (Å²) in [5, 5.41) is 1.58. The monoisotopic (exact) mass is 388 g/mol. The highest BCUT2D eigenvalue weighted by molar-refractivity contribution is 8.00. The van der Waals surface area contributed by atoms with Crippen molar-refractivity contribution in [3.05, 3.63) is 50.6 Å². The molecule has 0 spiro atoms. The minimum absolute atomic E-state index is 0.0680. The number of rotatable bonds is 2. The molecule has 25 heavy (non-hydrogen) atoms. The van der Waals surface area contributed by atoms with Gasteiger partial charge in [0.15, 0.2) is 5.16 Å². The highest BCUT2D eigenvalue weighted by atomic mass is 32.2. The van der Waals surface area contributed by atoms with Crippen LogP contribution in [0.3, 0.4) is 0 Å². The largest absolute Gasteiger partial charge is 0.268 e. The number of fused-ring (bicyclic) bond motifs is 3. The SMILES string of the molecule is CSc1nc2sc3c(c2c(=O)n1-c1ccc(C)cc1)CC(C)(C)SC3. The zero-order valence-electron chi connectivity index (χ0n) is 14.8. The molecule has 3 heterocycles. The van der Waals surface area contributed by atoms with Gasteiger partial charge in [0.2, 0.25) is 0 Å². The Morgan fingerprint density at radius 3 is 2.64 bits per heavy atom. The number of thiophene rings is 1. The molecule has 3 aromatic rings. The zero-order valence-corrected chi connectivity index (χ0v) is 17.2. The zero-order chi connectivity index (χ0) is 17.8. The molecule has 0 unspecified atom stereocenters. The van der Waals surface area contributed by atoms with Crippen LogP contribution in [0.2, 0.25) is 0 Å². The van der Waals surface area contributed by atoms with Gasteiger partial charge in [-0.2, -0.15) is 0 Å². The molecule has 0 saturated heterocycles. The van der Waals surface area contributed by atoms with E-state index >= 15 is 0 Å². The summed E-state index contributed by atoms with van der Waals surface area (Å²) in [6.07, 6.45) is 2.90. The van der Waals surface area contributed by atoms with Crippen LogP contribution < -0.4 is 5.56 Å². The maximum Gasteiger partial charge on any atom is 0.267 e. The standard InChI is InChI=1S/C19H20N2OS3/c1-11-5-7-12(8-6-11)21-17(22)15-13-9-19(2,3)24-10-14(13)25-16(15)20-18(21)23-4/h5-8H,9-10H2,1-4H3. The molecule has 6 heteroatoms. The average molecular weight is 389 g/mol. The average Bonchev–Trinajstić information content (AvgIpc) is 2.92. The van der Waals surface area contributed by atoms with E-state index in [0.717, 1.165) is 33.2 Å². The molecule has 0 fully saturated rings. The summed E-state index contributed by atoms with van der Waals surface area (Å²) in [5.74, 6) is 0.974. The molecule has 2 aromatic heterocycles. The van der Waals surface area contributed by atoms with Gasteiger partial charge in [-0.15, -0.1) is 23.1 Å². The molecule has 0 aliphatic carbocycles. The molecule has 1 aromatic carbocycles. The van der Waals surface area contributed by atoms with E-state index in [2.05, 4.69) is 20.8 Å². The van der Waals surface area contributed by atoms with Gasteiger partial charge < -0.3 is 0 Å². The summed E-state index contributed by atoms with van der Waals surface area (Å²) >= 11 is 5.18. The lowest BCUT2D eigenvalue weighted by Crippen LogP contribution is -2.26. The molecule has 130 valence electrons. The third kappa shape index (κ3) is 2.94. The van der Waals surface area contributed by atoms with Gasteiger partial charge in [0.1, 0.15) is 4.83 Å². The van der Waals surface area contributed by atoms with Crippen molar-refractivity contribution in [2.45, 2.75) is 42.8 Å². The van der Waals surface area contributed by atoms with Crippen molar-refractivity contribution < 1.29 is 0 Å². The second-order valence-corrected chi connectivity index (χ2v) is 10.5. The molecule has 1 aliphatic heterocycles. The number of aryl methyl sites for hydroxylation is 1. The maximum absolute atomic E-state index is 13.4. The Labute approximate surface area is 159 Å². The van der Waals surface area contributed by atoms with Gasteiger partial charge in [-0.1, -0.05) is 43.3 Å². The van der Waals surface area contributed by atoms with Crippen molar-refractivity contribution in [1.29, 1.82) is 0 Å². The minimum Gasteiger partial charge on any atom is -0.268 e. The van der Waals surface area contributed by atoms with E-state index in [0.29, 0.717) is 0 Å². The van der Waals surface area contributed by atoms with Crippen LogP contribution in [-0.2, 0) is 12.2 Å². The lowest BCUT2D eigenvalue weighted by molar-refractivity contribution is 0.698. The third-order valence-electron chi connectivity index (χ3n) is 4.55. The minimum atomic E-state index is 0.0680. The second kappa shape index (κ2) is 6.18. The number of thioether (sulfide) groups is 2. The van der Waals surface area contributed by atoms with Crippen molar-refractivity contribution >= 4 is 45.1 Å². The van der Waals surface area contributed by atoms with Crippen LogP contribution in [0, 0.1) is 6.92 Å². The Hall–Kier alpha value is -1.24. The molecule has 0 atom stereocenters. The molecular formula is C19H20N2OS3.